The summed E-state index contributed by atoms with van der Waals surface area (Å²) < 4.78 is 5.78. The molecule has 4 heteroatoms. The lowest BCUT2D eigenvalue weighted by Crippen LogP contribution is -2.33. The van der Waals surface area contributed by atoms with Crippen LogP contribution in [0.15, 0.2) is 18.3 Å². The number of rotatable bonds is 7. The van der Waals surface area contributed by atoms with Crippen LogP contribution in [-0.4, -0.2) is 42.2 Å². The van der Waals surface area contributed by atoms with Crippen LogP contribution in [0.3, 0.4) is 0 Å². The molecule has 1 aromatic heterocycles. The molecule has 1 aliphatic carbocycles. The lowest BCUT2D eigenvalue weighted by atomic mass is 10.1. The first-order valence-electron chi connectivity index (χ1n) is 7.93. The van der Waals surface area contributed by atoms with Gasteiger partial charge in [0.25, 0.3) is 0 Å². The molecule has 2 heterocycles. The smallest absolute Gasteiger partial charge is 0.137 e. The molecule has 4 nitrogen and oxygen atoms in total. The quantitative estimate of drug-likeness (QED) is 0.828. The molecule has 20 heavy (non-hydrogen) atoms. The predicted molar refractivity (Wildman–Crippen MR) is 79.9 cm³/mol. The maximum Gasteiger partial charge on any atom is 0.137 e. The van der Waals surface area contributed by atoms with Crippen molar-refractivity contribution in [3.8, 4) is 5.75 Å². The maximum atomic E-state index is 5.78. The van der Waals surface area contributed by atoms with E-state index in [4.69, 9.17) is 4.74 Å². The van der Waals surface area contributed by atoms with Crippen molar-refractivity contribution in [2.45, 2.75) is 44.7 Å². The molecule has 2 fully saturated rings. The summed E-state index contributed by atoms with van der Waals surface area (Å²) >= 11 is 0. The highest BCUT2D eigenvalue weighted by Gasteiger charge is 2.20. The van der Waals surface area contributed by atoms with Gasteiger partial charge in [0.05, 0.1) is 11.9 Å². The van der Waals surface area contributed by atoms with Crippen LogP contribution in [0.4, 0.5) is 0 Å². The number of hydrogen-bond donors (Lipinski definition) is 1. The van der Waals surface area contributed by atoms with Crippen LogP contribution in [0.2, 0.25) is 0 Å². The molecule has 0 spiro atoms. The van der Waals surface area contributed by atoms with Crippen molar-refractivity contribution < 1.29 is 4.74 Å². The molecule has 1 saturated heterocycles. The van der Waals surface area contributed by atoms with Gasteiger partial charge >= 0.3 is 0 Å². The van der Waals surface area contributed by atoms with Crippen LogP contribution in [0, 0.1) is 0 Å². The standard InChI is InChI=1S/C16H25N3O/c1-2-8-19(9-3-1)10-11-20-16-7-6-15(18-13-16)12-17-14-4-5-14/h6-7,13-14,17H,1-5,8-12H2. The van der Waals surface area contributed by atoms with Gasteiger partial charge in [0.2, 0.25) is 0 Å². The third kappa shape index (κ3) is 4.46. The monoisotopic (exact) mass is 275 g/mol. The molecule has 0 aromatic carbocycles. The second-order valence-corrected chi connectivity index (χ2v) is 5.89. The van der Waals surface area contributed by atoms with Crippen molar-refractivity contribution in [1.82, 2.24) is 15.2 Å². The summed E-state index contributed by atoms with van der Waals surface area (Å²) in [6.45, 7) is 5.13. The predicted octanol–water partition coefficient (Wildman–Crippen LogP) is 2.20. The van der Waals surface area contributed by atoms with Gasteiger partial charge in [-0.2, -0.15) is 0 Å². The average Bonchev–Trinajstić information content (AvgIpc) is 3.32. The Balaban J connectivity index is 1.36. The summed E-state index contributed by atoms with van der Waals surface area (Å²) in [4.78, 5) is 6.93. The number of aromatic nitrogens is 1. The van der Waals surface area contributed by atoms with Crippen LogP contribution < -0.4 is 10.1 Å². The van der Waals surface area contributed by atoms with Gasteiger partial charge in [0.1, 0.15) is 12.4 Å². The number of nitrogens with one attached hydrogen (secondary N) is 1. The molecular formula is C16H25N3O. The highest BCUT2D eigenvalue weighted by molar-refractivity contribution is 5.19. The minimum Gasteiger partial charge on any atom is -0.491 e. The first kappa shape index (κ1) is 13.8. The van der Waals surface area contributed by atoms with Crippen molar-refractivity contribution in [1.29, 1.82) is 0 Å². The van der Waals surface area contributed by atoms with Gasteiger partial charge in [-0.05, 0) is 50.9 Å². The molecule has 0 bridgehead atoms. The summed E-state index contributed by atoms with van der Waals surface area (Å²) in [5.41, 5.74) is 1.10. The maximum absolute atomic E-state index is 5.78. The van der Waals surface area contributed by atoms with E-state index in [1.807, 2.05) is 12.3 Å². The zero-order valence-corrected chi connectivity index (χ0v) is 12.2. The molecule has 0 radical (unpaired) electrons. The fraction of sp³-hybridized carbons (Fsp3) is 0.688. The van der Waals surface area contributed by atoms with E-state index in [0.29, 0.717) is 0 Å². The number of ether oxygens (including phenoxy) is 1. The van der Waals surface area contributed by atoms with E-state index in [1.165, 1.54) is 45.2 Å². The van der Waals surface area contributed by atoms with Crippen molar-refractivity contribution in [2.24, 2.45) is 0 Å². The Morgan fingerprint density at radius 2 is 2.05 bits per heavy atom. The number of likely N-dealkylation sites (tertiary alicyclic amines) is 1. The van der Waals surface area contributed by atoms with Gasteiger partial charge in [-0.25, -0.2) is 0 Å². The molecule has 0 atom stereocenters. The van der Waals surface area contributed by atoms with Gasteiger partial charge in [-0.15, -0.1) is 0 Å². The van der Waals surface area contributed by atoms with E-state index >= 15 is 0 Å². The average molecular weight is 275 g/mol. The third-order valence-electron chi connectivity index (χ3n) is 4.07. The minimum absolute atomic E-state index is 0.734. The number of hydrogen-bond acceptors (Lipinski definition) is 4. The van der Waals surface area contributed by atoms with Crippen LogP contribution in [0.1, 0.15) is 37.8 Å². The minimum atomic E-state index is 0.734. The van der Waals surface area contributed by atoms with E-state index in [9.17, 15) is 0 Å². The fourth-order valence-corrected chi connectivity index (χ4v) is 2.61. The molecule has 1 N–H and O–H groups in total. The number of nitrogens with zero attached hydrogens (tertiary/aromatic N) is 2. The highest BCUT2D eigenvalue weighted by atomic mass is 16.5. The summed E-state index contributed by atoms with van der Waals surface area (Å²) in [6, 6.07) is 4.83. The van der Waals surface area contributed by atoms with Crippen LogP contribution in [-0.2, 0) is 6.54 Å². The number of piperidine rings is 1. The van der Waals surface area contributed by atoms with Crippen molar-refractivity contribution in [3.05, 3.63) is 24.0 Å². The molecule has 0 unspecified atom stereocenters. The van der Waals surface area contributed by atoms with E-state index in [0.717, 1.165) is 37.2 Å². The van der Waals surface area contributed by atoms with E-state index < -0.39 is 0 Å². The lowest BCUT2D eigenvalue weighted by molar-refractivity contribution is 0.183. The van der Waals surface area contributed by atoms with Gasteiger partial charge in [0.15, 0.2) is 0 Å². The van der Waals surface area contributed by atoms with Gasteiger partial charge in [0, 0.05) is 19.1 Å². The van der Waals surface area contributed by atoms with Crippen molar-refractivity contribution in [2.75, 3.05) is 26.2 Å². The lowest BCUT2D eigenvalue weighted by Gasteiger charge is -2.26. The first-order valence-corrected chi connectivity index (χ1v) is 7.93. The molecule has 1 saturated carbocycles. The molecule has 110 valence electrons. The number of pyridine rings is 1. The molecule has 2 aliphatic rings. The summed E-state index contributed by atoms with van der Waals surface area (Å²) in [5, 5.41) is 3.47. The Bertz CT molecular complexity index is 397. The van der Waals surface area contributed by atoms with Gasteiger partial charge in [-0.1, -0.05) is 6.42 Å². The summed E-state index contributed by atoms with van der Waals surface area (Å²) in [6.07, 6.45) is 8.54. The van der Waals surface area contributed by atoms with Gasteiger partial charge in [-0.3, -0.25) is 9.88 Å². The molecule has 1 aliphatic heterocycles. The third-order valence-corrected chi connectivity index (χ3v) is 4.07. The van der Waals surface area contributed by atoms with Crippen molar-refractivity contribution in [3.63, 3.8) is 0 Å². The summed E-state index contributed by atoms with van der Waals surface area (Å²) in [7, 11) is 0. The second kappa shape index (κ2) is 7.04. The van der Waals surface area contributed by atoms with E-state index in [1.54, 1.807) is 0 Å². The largest absolute Gasteiger partial charge is 0.491 e. The molecule has 0 amide bonds. The Hall–Kier alpha value is -1.13. The summed E-state index contributed by atoms with van der Waals surface area (Å²) in [5.74, 6) is 0.886. The highest BCUT2D eigenvalue weighted by Crippen LogP contribution is 2.19. The fourth-order valence-electron chi connectivity index (χ4n) is 2.61. The SMILES string of the molecule is c1cc(CNC2CC2)ncc1OCCN1CCCCC1. The molecule has 3 rings (SSSR count). The molecular weight excluding hydrogens is 250 g/mol. The van der Waals surface area contributed by atoms with Crippen molar-refractivity contribution >= 4 is 0 Å². The Morgan fingerprint density at radius 1 is 1.20 bits per heavy atom. The Labute approximate surface area is 121 Å². The van der Waals surface area contributed by atoms with Crippen LogP contribution in [0.5, 0.6) is 5.75 Å². The Kier molecular flexibility index (Phi) is 4.87. The Morgan fingerprint density at radius 3 is 2.75 bits per heavy atom. The molecule has 1 aromatic rings. The van der Waals surface area contributed by atoms with E-state index in [-0.39, 0.29) is 0 Å². The van der Waals surface area contributed by atoms with Crippen LogP contribution in [0.25, 0.3) is 0 Å². The zero-order valence-electron chi connectivity index (χ0n) is 12.2. The van der Waals surface area contributed by atoms with Crippen LogP contribution >= 0.6 is 0 Å². The van der Waals surface area contributed by atoms with E-state index in [2.05, 4.69) is 21.3 Å². The first-order chi connectivity index (χ1) is 9.90. The zero-order chi connectivity index (χ0) is 13.6. The second-order valence-electron chi connectivity index (χ2n) is 5.89. The van der Waals surface area contributed by atoms with Gasteiger partial charge < -0.3 is 10.1 Å². The topological polar surface area (TPSA) is 37.4 Å². The normalized spacial score (nSPS) is 20.0.